The Hall–Kier alpha value is -1.45. The lowest BCUT2D eigenvalue weighted by atomic mass is 10.3. The summed E-state index contributed by atoms with van der Waals surface area (Å²) in [6, 6.07) is 4.28. The number of quaternary nitrogens is 1. The number of thioether (sulfide) groups is 1. The lowest BCUT2D eigenvalue weighted by molar-refractivity contribution is -0.917. The number of thiophene rings is 1. The molecule has 0 atom stereocenters. The van der Waals surface area contributed by atoms with Crippen LogP contribution < -0.4 is 4.90 Å². The monoisotopic (exact) mass is 339 g/mol. The van der Waals surface area contributed by atoms with E-state index in [-0.39, 0.29) is 5.91 Å². The molecule has 0 aromatic carbocycles. The molecule has 3 rings (SSSR count). The van der Waals surface area contributed by atoms with E-state index in [0.29, 0.717) is 10.9 Å². The lowest BCUT2D eigenvalue weighted by Gasteiger charge is -2.32. The topological polar surface area (TPSA) is 68.4 Å². The van der Waals surface area contributed by atoms with Crippen LogP contribution in [0.1, 0.15) is 4.88 Å². The van der Waals surface area contributed by atoms with Crippen LogP contribution in [0.25, 0.3) is 0 Å². The first kappa shape index (κ1) is 15.4. The van der Waals surface area contributed by atoms with Crippen molar-refractivity contribution < 1.29 is 9.69 Å². The Balaban J connectivity index is 1.42. The minimum Gasteiger partial charge on any atom is -0.331 e. The zero-order chi connectivity index (χ0) is 15.4. The van der Waals surface area contributed by atoms with Gasteiger partial charge in [0.05, 0.1) is 36.8 Å². The Kier molecular flexibility index (Phi) is 5.06. The first-order valence-electron chi connectivity index (χ1n) is 7.21. The summed E-state index contributed by atoms with van der Waals surface area (Å²) in [6.45, 7) is 4.76. The fourth-order valence-corrected chi connectivity index (χ4v) is 4.00. The standard InChI is InChI=1S/C13H18N6OS2/c1-17-13(14-15-16-17)22-10-12(20)19-6-4-18(5-7-19)9-11-3-2-8-21-11/h2-3,8H,4-7,9-10H2,1H3/p+1. The van der Waals surface area contributed by atoms with Gasteiger partial charge in [-0.2, -0.15) is 0 Å². The number of carbonyl (C=O) groups is 1. The predicted octanol–water partition coefficient (Wildman–Crippen LogP) is -0.709. The molecule has 0 bridgehead atoms. The van der Waals surface area contributed by atoms with E-state index >= 15 is 0 Å². The fourth-order valence-electron chi connectivity index (χ4n) is 2.47. The number of piperazine rings is 1. The number of nitrogens with one attached hydrogen (secondary N) is 1. The highest BCUT2D eigenvalue weighted by atomic mass is 32.2. The summed E-state index contributed by atoms with van der Waals surface area (Å²) in [7, 11) is 1.78. The Labute approximate surface area is 137 Å². The molecule has 0 aliphatic carbocycles. The van der Waals surface area contributed by atoms with Crippen molar-refractivity contribution in [1.29, 1.82) is 0 Å². The zero-order valence-corrected chi connectivity index (χ0v) is 14.1. The minimum atomic E-state index is 0.170. The molecule has 0 saturated carbocycles. The molecule has 22 heavy (non-hydrogen) atoms. The van der Waals surface area contributed by atoms with Gasteiger partial charge in [-0.15, -0.1) is 16.4 Å². The molecule has 1 aliphatic heterocycles. The second-order valence-electron chi connectivity index (χ2n) is 5.26. The van der Waals surface area contributed by atoms with Crippen LogP contribution in [0, 0.1) is 0 Å². The first-order valence-corrected chi connectivity index (χ1v) is 9.08. The highest BCUT2D eigenvalue weighted by Crippen LogP contribution is 2.13. The summed E-state index contributed by atoms with van der Waals surface area (Å²) in [4.78, 5) is 17.2. The molecule has 3 heterocycles. The van der Waals surface area contributed by atoms with Gasteiger partial charge in [0, 0.05) is 7.05 Å². The van der Waals surface area contributed by atoms with Gasteiger partial charge in [0.15, 0.2) is 0 Å². The molecule has 9 heteroatoms. The van der Waals surface area contributed by atoms with Crippen LogP contribution in [0.15, 0.2) is 22.7 Å². The van der Waals surface area contributed by atoms with Gasteiger partial charge in [-0.3, -0.25) is 4.79 Å². The maximum absolute atomic E-state index is 12.2. The summed E-state index contributed by atoms with van der Waals surface area (Å²) in [6.07, 6.45) is 0. The molecule has 2 aromatic heterocycles. The van der Waals surface area contributed by atoms with Gasteiger partial charge in [-0.1, -0.05) is 17.8 Å². The first-order chi connectivity index (χ1) is 10.7. The molecule has 1 aliphatic rings. The van der Waals surface area contributed by atoms with E-state index in [0.717, 1.165) is 32.7 Å². The summed E-state index contributed by atoms with van der Waals surface area (Å²) in [5.41, 5.74) is 0. The molecule has 0 radical (unpaired) electrons. The van der Waals surface area contributed by atoms with E-state index in [1.165, 1.54) is 16.6 Å². The van der Waals surface area contributed by atoms with Crippen LogP contribution in [0.4, 0.5) is 0 Å². The highest BCUT2D eigenvalue weighted by molar-refractivity contribution is 7.99. The molecule has 118 valence electrons. The normalized spacial score (nSPS) is 16.1. The van der Waals surface area contributed by atoms with Gasteiger partial charge in [-0.05, 0) is 21.9 Å². The Bertz CT molecular complexity index is 606. The molecule has 7 nitrogen and oxygen atoms in total. The van der Waals surface area contributed by atoms with Crippen molar-refractivity contribution in [1.82, 2.24) is 25.1 Å². The van der Waals surface area contributed by atoms with Crippen LogP contribution in [0.3, 0.4) is 0 Å². The fraction of sp³-hybridized carbons (Fsp3) is 0.538. The molecule has 0 unspecified atom stereocenters. The van der Waals surface area contributed by atoms with E-state index in [9.17, 15) is 4.79 Å². The average molecular weight is 339 g/mol. The molecule has 1 N–H and O–H groups in total. The maximum Gasteiger partial charge on any atom is 0.233 e. The van der Waals surface area contributed by atoms with E-state index in [1.807, 2.05) is 4.90 Å². The smallest absolute Gasteiger partial charge is 0.233 e. The summed E-state index contributed by atoms with van der Waals surface area (Å²) < 4.78 is 1.58. The van der Waals surface area contributed by atoms with Crippen LogP contribution in [0.5, 0.6) is 0 Å². The number of aromatic nitrogens is 4. The number of hydrogen-bond acceptors (Lipinski definition) is 6. The number of tetrazole rings is 1. The third-order valence-corrected chi connectivity index (χ3v) is 5.61. The molecular formula is C13H19N6OS2+. The average Bonchev–Trinajstić information content (AvgIpc) is 3.17. The van der Waals surface area contributed by atoms with Crippen molar-refractivity contribution in [2.45, 2.75) is 11.7 Å². The van der Waals surface area contributed by atoms with Crippen molar-refractivity contribution in [2.75, 3.05) is 31.9 Å². The Morgan fingerprint density at radius 2 is 2.27 bits per heavy atom. The molecule has 2 aromatic rings. The third-order valence-electron chi connectivity index (χ3n) is 3.73. The van der Waals surface area contributed by atoms with E-state index in [1.54, 1.807) is 28.0 Å². The van der Waals surface area contributed by atoms with Crippen LogP contribution >= 0.6 is 23.1 Å². The number of rotatable bonds is 5. The number of hydrogen-bond donors (Lipinski definition) is 1. The second kappa shape index (κ2) is 7.21. The summed E-state index contributed by atoms with van der Waals surface area (Å²) in [5, 5.41) is 14.0. The van der Waals surface area contributed by atoms with Crippen LogP contribution in [-0.4, -0.2) is 62.9 Å². The van der Waals surface area contributed by atoms with Gasteiger partial charge in [-0.25, -0.2) is 4.68 Å². The molecule has 1 amide bonds. The third kappa shape index (κ3) is 3.84. The molecular weight excluding hydrogens is 320 g/mol. The molecule has 1 saturated heterocycles. The quantitative estimate of drug-likeness (QED) is 0.729. The molecule has 1 fully saturated rings. The van der Waals surface area contributed by atoms with Crippen LogP contribution in [0.2, 0.25) is 0 Å². The Morgan fingerprint density at radius 3 is 2.91 bits per heavy atom. The largest absolute Gasteiger partial charge is 0.331 e. The second-order valence-corrected chi connectivity index (χ2v) is 7.24. The van der Waals surface area contributed by atoms with Gasteiger partial charge < -0.3 is 9.80 Å². The SMILES string of the molecule is Cn1nnnc1SCC(=O)N1CC[NH+](Cc2cccs2)CC1. The highest BCUT2D eigenvalue weighted by Gasteiger charge is 2.24. The van der Waals surface area contributed by atoms with Crippen molar-refractivity contribution in [3.8, 4) is 0 Å². The van der Waals surface area contributed by atoms with E-state index in [4.69, 9.17) is 0 Å². The molecule has 0 spiro atoms. The van der Waals surface area contributed by atoms with Crippen molar-refractivity contribution in [3.05, 3.63) is 22.4 Å². The number of carbonyl (C=O) groups excluding carboxylic acids is 1. The lowest BCUT2D eigenvalue weighted by Crippen LogP contribution is -3.13. The van der Waals surface area contributed by atoms with Crippen LogP contribution in [-0.2, 0) is 18.4 Å². The predicted molar refractivity (Wildman–Crippen MR) is 84.8 cm³/mol. The van der Waals surface area contributed by atoms with Crippen molar-refractivity contribution in [3.63, 3.8) is 0 Å². The van der Waals surface area contributed by atoms with Gasteiger partial charge >= 0.3 is 0 Å². The van der Waals surface area contributed by atoms with Crippen molar-refractivity contribution >= 4 is 29.0 Å². The summed E-state index contributed by atoms with van der Waals surface area (Å²) >= 11 is 3.20. The van der Waals surface area contributed by atoms with Crippen molar-refractivity contribution in [2.24, 2.45) is 7.05 Å². The zero-order valence-electron chi connectivity index (χ0n) is 12.4. The number of aryl methyl sites for hydroxylation is 1. The van der Waals surface area contributed by atoms with E-state index < -0.39 is 0 Å². The summed E-state index contributed by atoms with van der Waals surface area (Å²) in [5.74, 6) is 0.567. The van der Waals surface area contributed by atoms with Gasteiger partial charge in [0.25, 0.3) is 0 Å². The van der Waals surface area contributed by atoms with E-state index in [2.05, 4.69) is 33.0 Å². The maximum atomic E-state index is 12.2. The number of amides is 1. The van der Waals surface area contributed by atoms with Gasteiger partial charge in [0.1, 0.15) is 6.54 Å². The number of nitrogens with zero attached hydrogens (tertiary/aromatic N) is 5. The minimum absolute atomic E-state index is 0.170. The van der Waals surface area contributed by atoms with Gasteiger partial charge in [0.2, 0.25) is 11.1 Å². The Morgan fingerprint density at radius 1 is 1.45 bits per heavy atom.